The van der Waals surface area contributed by atoms with Crippen LogP contribution in [0.1, 0.15) is 5.56 Å². The Labute approximate surface area is 110 Å². The Hall–Kier alpha value is -2.12. The molecule has 0 saturated carbocycles. The predicted molar refractivity (Wildman–Crippen MR) is 69.9 cm³/mol. The van der Waals surface area contributed by atoms with Crippen molar-refractivity contribution in [3.8, 4) is 0 Å². The summed E-state index contributed by atoms with van der Waals surface area (Å²) < 4.78 is 0. The van der Waals surface area contributed by atoms with Crippen LogP contribution in [-0.2, 0) is 11.3 Å². The number of urea groups is 1. The average molecular weight is 267 g/mol. The van der Waals surface area contributed by atoms with Crippen molar-refractivity contribution in [3.05, 3.63) is 29.8 Å². The van der Waals surface area contributed by atoms with Crippen LogP contribution in [0.4, 0.5) is 10.5 Å². The Balaban J connectivity index is 2.69. The fourth-order valence-corrected chi connectivity index (χ4v) is 1.49. The van der Waals surface area contributed by atoms with Crippen molar-refractivity contribution in [2.45, 2.75) is 12.6 Å². The zero-order valence-electron chi connectivity index (χ0n) is 10.5. The molecule has 1 aromatic carbocycles. The van der Waals surface area contributed by atoms with Crippen molar-refractivity contribution in [2.75, 3.05) is 19.0 Å². The van der Waals surface area contributed by atoms with Crippen LogP contribution in [0.3, 0.4) is 0 Å². The highest BCUT2D eigenvalue weighted by Gasteiger charge is 2.18. The molecule has 104 valence electrons. The molecule has 0 aromatic heterocycles. The minimum atomic E-state index is -1.32. The number of carboxylic acids is 1. The standard InChI is InChI=1S/C12H17N3O4/c1-13-6-8-4-2-3-5-9(8)14-12(19)15-10(7-16)11(17)18/h2-5,10,13,16H,6-7H2,1H3,(H,17,18)(H2,14,15,19)/t10-/m1/s1. The average Bonchev–Trinajstić information content (AvgIpc) is 2.38. The summed E-state index contributed by atoms with van der Waals surface area (Å²) in [7, 11) is 1.78. The van der Waals surface area contributed by atoms with Gasteiger partial charge in [-0.2, -0.15) is 0 Å². The molecule has 1 atom stereocenters. The third-order valence-corrected chi connectivity index (χ3v) is 2.42. The van der Waals surface area contributed by atoms with Crippen molar-refractivity contribution in [3.63, 3.8) is 0 Å². The summed E-state index contributed by atoms with van der Waals surface area (Å²) >= 11 is 0. The maximum absolute atomic E-state index is 11.6. The zero-order chi connectivity index (χ0) is 14.3. The van der Waals surface area contributed by atoms with Gasteiger partial charge in [-0.05, 0) is 18.7 Å². The second-order valence-electron chi connectivity index (χ2n) is 3.86. The molecule has 0 aliphatic rings. The fraction of sp³-hybridized carbons (Fsp3) is 0.333. The number of benzene rings is 1. The number of nitrogens with one attached hydrogen (secondary N) is 3. The Kier molecular flexibility index (Phi) is 5.77. The molecule has 0 spiro atoms. The lowest BCUT2D eigenvalue weighted by Gasteiger charge is -2.14. The lowest BCUT2D eigenvalue weighted by molar-refractivity contribution is -0.140. The molecule has 2 amide bonds. The quantitative estimate of drug-likeness (QED) is 0.497. The van der Waals surface area contributed by atoms with Crippen molar-refractivity contribution in [2.24, 2.45) is 0 Å². The van der Waals surface area contributed by atoms with Crippen molar-refractivity contribution < 1.29 is 19.8 Å². The molecule has 0 radical (unpaired) electrons. The van der Waals surface area contributed by atoms with Gasteiger partial charge in [0.2, 0.25) is 0 Å². The topological polar surface area (TPSA) is 111 Å². The third kappa shape index (κ3) is 4.57. The van der Waals surface area contributed by atoms with E-state index in [2.05, 4.69) is 16.0 Å². The Morgan fingerprint density at radius 3 is 2.58 bits per heavy atom. The smallest absolute Gasteiger partial charge is 0.328 e. The van der Waals surface area contributed by atoms with E-state index >= 15 is 0 Å². The minimum absolute atomic E-state index is 0.568. The Morgan fingerprint density at radius 1 is 1.32 bits per heavy atom. The van der Waals surface area contributed by atoms with Gasteiger partial charge in [-0.25, -0.2) is 9.59 Å². The van der Waals surface area contributed by atoms with E-state index in [1.165, 1.54) is 0 Å². The highest BCUT2D eigenvalue weighted by atomic mass is 16.4. The molecule has 7 heteroatoms. The highest BCUT2D eigenvalue weighted by Crippen LogP contribution is 2.14. The number of hydrogen-bond acceptors (Lipinski definition) is 4. The molecule has 7 nitrogen and oxygen atoms in total. The molecule has 19 heavy (non-hydrogen) atoms. The number of aliphatic carboxylic acids is 1. The number of aliphatic hydroxyl groups excluding tert-OH is 1. The second-order valence-corrected chi connectivity index (χ2v) is 3.86. The number of hydrogen-bond donors (Lipinski definition) is 5. The first-order chi connectivity index (χ1) is 9.08. The lowest BCUT2D eigenvalue weighted by Crippen LogP contribution is -2.45. The van der Waals surface area contributed by atoms with Crippen LogP contribution in [0.15, 0.2) is 24.3 Å². The van der Waals surface area contributed by atoms with Crippen LogP contribution in [0.2, 0.25) is 0 Å². The van der Waals surface area contributed by atoms with Crippen LogP contribution >= 0.6 is 0 Å². The van der Waals surface area contributed by atoms with E-state index in [1.807, 2.05) is 12.1 Å². The molecule has 0 aliphatic heterocycles. The second kappa shape index (κ2) is 7.34. The number of carboxylic acid groups (broad SMARTS) is 1. The first-order valence-corrected chi connectivity index (χ1v) is 5.72. The van der Waals surface area contributed by atoms with Gasteiger partial charge in [-0.15, -0.1) is 0 Å². The monoisotopic (exact) mass is 267 g/mol. The first-order valence-electron chi connectivity index (χ1n) is 5.72. The van der Waals surface area contributed by atoms with E-state index in [0.717, 1.165) is 5.56 Å². The van der Waals surface area contributed by atoms with Gasteiger partial charge >= 0.3 is 12.0 Å². The molecule has 1 aromatic rings. The SMILES string of the molecule is CNCc1ccccc1NC(=O)N[C@H](CO)C(=O)O. The molecular formula is C12H17N3O4. The Morgan fingerprint density at radius 2 is 2.00 bits per heavy atom. The van der Waals surface area contributed by atoms with Gasteiger partial charge in [0.1, 0.15) is 0 Å². The molecule has 0 saturated heterocycles. The van der Waals surface area contributed by atoms with Gasteiger partial charge < -0.3 is 26.2 Å². The number of amides is 2. The number of rotatable bonds is 6. The van der Waals surface area contributed by atoms with Gasteiger partial charge in [0, 0.05) is 12.2 Å². The summed E-state index contributed by atoms with van der Waals surface area (Å²) in [6, 6.07) is 5.15. The maximum atomic E-state index is 11.6. The molecule has 0 unspecified atom stereocenters. The van der Waals surface area contributed by atoms with Crippen LogP contribution < -0.4 is 16.0 Å². The summed E-state index contributed by atoms with van der Waals surface area (Å²) in [5, 5.41) is 25.2. The summed E-state index contributed by atoms with van der Waals surface area (Å²) in [6.07, 6.45) is 0. The number of carbonyl (C=O) groups excluding carboxylic acids is 1. The van der Waals surface area contributed by atoms with Crippen molar-refractivity contribution in [1.29, 1.82) is 0 Å². The molecule has 0 heterocycles. The zero-order valence-corrected chi connectivity index (χ0v) is 10.5. The predicted octanol–water partition coefficient (Wildman–Crippen LogP) is -0.0270. The summed E-state index contributed by atoms with van der Waals surface area (Å²) in [4.78, 5) is 22.3. The Bertz CT molecular complexity index is 450. The molecular weight excluding hydrogens is 250 g/mol. The van der Waals surface area contributed by atoms with Crippen LogP contribution in [-0.4, -0.2) is 41.9 Å². The number of para-hydroxylation sites is 1. The first kappa shape index (κ1) is 14.9. The molecule has 0 aliphatic carbocycles. The van der Waals surface area contributed by atoms with Crippen molar-refractivity contribution in [1.82, 2.24) is 10.6 Å². The number of aliphatic hydroxyl groups is 1. The molecule has 0 fully saturated rings. The van der Waals surface area contributed by atoms with Gasteiger partial charge in [-0.3, -0.25) is 0 Å². The van der Waals surface area contributed by atoms with E-state index in [4.69, 9.17) is 10.2 Å². The van der Waals surface area contributed by atoms with Crippen LogP contribution in [0.25, 0.3) is 0 Å². The highest BCUT2D eigenvalue weighted by molar-refractivity contribution is 5.92. The van der Waals surface area contributed by atoms with E-state index < -0.39 is 24.6 Å². The van der Waals surface area contributed by atoms with E-state index in [-0.39, 0.29) is 0 Å². The fourth-order valence-electron chi connectivity index (χ4n) is 1.49. The normalized spacial score (nSPS) is 11.7. The minimum Gasteiger partial charge on any atom is -0.480 e. The summed E-state index contributed by atoms with van der Waals surface area (Å²) in [5.41, 5.74) is 1.45. The van der Waals surface area contributed by atoms with Crippen molar-refractivity contribution >= 4 is 17.7 Å². The molecule has 5 N–H and O–H groups in total. The van der Waals surface area contributed by atoms with Gasteiger partial charge in [-0.1, -0.05) is 18.2 Å². The van der Waals surface area contributed by atoms with Crippen LogP contribution in [0.5, 0.6) is 0 Å². The number of anilines is 1. The van der Waals surface area contributed by atoms with E-state index in [9.17, 15) is 9.59 Å². The third-order valence-electron chi connectivity index (χ3n) is 2.42. The lowest BCUT2D eigenvalue weighted by atomic mass is 10.2. The summed E-state index contributed by atoms with van der Waals surface area (Å²) in [5.74, 6) is -1.29. The van der Waals surface area contributed by atoms with Gasteiger partial charge in [0.15, 0.2) is 6.04 Å². The molecule has 1 rings (SSSR count). The maximum Gasteiger partial charge on any atom is 0.328 e. The number of carbonyl (C=O) groups is 2. The molecule has 0 bridgehead atoms. The van der Waals surface area contributed by atoms with Gasteiger partial charge in [0.25, 0.3) is 0 Å². The largest absolute Gasteiger partial charge is 0.480 e. The van der Waals surface area contributed by atoms with Crippen LogP contribution in [0, 0.1) is 0 Å². The summed E-state index contributed by atoms with van der Waals surface area (Å²) in [6.45, 7) is -0.0975. The van der Waals surface area contributed by atoms with E-state index in [0.29, 0.717) is 12.2 Å². The van der Waals surface area contributed by atoms with Gasteiger partial charge in [0.05, 0.1) is 6.61 Å². The van der Waals surface area contributed by atoms with E-state index in [1.54, 1.807) is 19.2 Å².